The maximum absolute atomic E-state index is 6.34. The van der Waals surface area contributed by atoms with Gasteiger partial charge in [0.25, 0.3) is 0 Å². The van der Waals surface area contributed by atoms with E-state index in [1.807, 2.05) is 22.9 Å². The van der Waals surface area contributed by atoms with Crippen LogP contribution < -0.4 is 5.73 Å². The molecule has 1 aromatic carbocycles. The molecule has 1 atom stereocenters. The molecule has 1 unspecified atom stereocenters. The van der Waals surface area contributed by atoms with Crippen molar-refractivity contribution in [1.82, 2.24) is 19.7 Å². The van der Waals surface area contributed by atoms with Crippen molar-refractivity contribution >= 4 is 10.9 Å². The lowest BCUT2D eigenvalue weighted by atomic mass is 10.0. The summed E-state index contributed by atoms with van der Waals surface area (Å²) in [5.74, 6) is 0.940. The van der Waals surface area contributed by atoms with Gasteiger partial charge in [0.2, 0.25) is 0 Å². The van der Waals surface area contributed by atoms with Crippen molar-refractivity contribution in [3.05, 3.63) is 54.2 Å². The zero-order valence-corrected chi connectivity index (χ0v) is 12.1. The van der Waals surface area contributed by atoms with Crippen LogP contribution in [0.4, 0.5) is 0 Å². The Morgan fingerprint density at radius 3 is 3.00 bits per heavy atom. The lowest BCUT2D eigenvalue weighted by Gasteiger charge is -2.13. The minimum atomic E-state index is -0.0885. The summed E-state index contributed by atoms with van der Waals surface area (Å²) < 4.78 is 1.93. The third-order valence-corrected chi connectivity index (χ3v) is 3.59. The van der Waals surface area contributed by atoms with Gasteiger partial charge in [-0.3, -0.25) is 9.67 Å². The first-order chi connectivity index (χ1) is 10.3. The van der Waals surface area contributed by atoms with Crippen LogP contribution in [0.5, 0.6) is 0 Å². The summed E-state index contributed by atoms with van der Waals surface area (Å²) in [4.78, 5) is 8.65. The predicted molar refractivity (Wildman–Crippen MR) is 82.7 cm³/mol. The summed E-state index contributed by atoms with van der Waals surface area (Å²) in [5, 5.41) is 5.35. The fraction of sp³-hybridized carbons (Fsp3) is 0.312. The molecule has 0 bridgehead atoms. The first-order valence-corrected chi connectivity index (χ1v) is 7.25. The second kappa shape index (κ2) is 6.01. The normalized spacial score (nSPS) is 12.7. The van der Waals surface area contributed by atoms with E-state index < -0.39 is 0 Å². The number of pyridine rings is 1. The number of hydrogen-bond acceptors (Lipinski definition) is 4. The largest absolute Gasteiger partial charge is 0.324 e. The van der Waals surface area contributed by atoms with Gasteiger partial charge in [0.05, 0.1) is 5.52 Å². The van der Waals surface area contributed by atoms with Crippen LogP contribution in [0.2, 0.25) is 0 Å². The molecular weight excluding hydrogens is 262 g/mol. The van der Waals surface area contributed by atoms with Crippen LogP contribution in [0.1, 0.15) is 30.8 Å². The highest BCUT2D eigenvalue weighted by Crippen LogP contribution is 2.20. The van der Waals surface area contributed by atoms with Crippen LogP contribution >= 0.6 is 0 Å². The van der Waals surface area contributed by atoms with E-state index in [-0.39, 0.29) is 6.04 Å². The van der Waals surface area contributed by atoms with Crippen LogP contribution in [0.25, 0.3) is 10.9 Å². The van der Waals surface area contributed by atoms with Crippen molar-refractivity contribution in [3.8, 4) is 0 Å². The Labute approximate surface area is 123 Å². The van der Waals surface area contributed by atoms with Gasteiger partial charge in [-0.2, -0.15) is 5.10 Å². The van der Waals surface area contributed by atoms with Gasteiger partial charge in [-0.1, -0.05) is 19.1 Å². The quantitative estimate of drug-likeness (QED) is 0.780. The lowest BCUT2D eigenvalue weighted by Crippen LogP contribution is -2.17. The molecule has 2 aromatic heterocycles. The van der Waals surface area contributed by atoms with Gasteiger partial charge >= 0.3 is 0 Å². The van der Waals surface area contributed by atoms with Crippen LogP contribution in [0.3, 0.4) is 0 Å². The average molecular weight is 281 g/mol. The Bertz CT molecular complexity index is 734. The van der Waals surface area contributed by atoms with Gasteiger partial charge in [0, 0.05) is 30.6 Å². The molecule has 0 amide bonds. The Hall–Kier alpha value is -2.27. The van der Waals surface area contributed by atoms with E-state index in [1.165, 1.54) is 0 Å². The van der Waals surface area contributed by atoms with Crippen LogP contribution in [-0.4, -0.2) is 19.7 Å². The average Bonchev–Trinajstić information content (AvgIpc) is 2.94. The number of aromatic nitrogens is 4. The molecule has 3 aromatic rings. The van der Waals surface area contributed by atoms with Crippen LogP contribution in [0.15, 0.2) is 42.9 Å². The standard InChI is InChI=1S/C16H19N5/c1-2-8-21-16(19-11-20-21)10-14(17)12-5-6-15-13(9-12)4-3-7-18-15/h3-7,9,11,14H,2,8,10,17H2,1H3. The Morgan fingerprint density at radius 2 is 2.14 bits per heavy atom. The summed E-state index contributed by atoms with van der Waals surface area (Å²) in [7, 11) is 0. The molecule has 0 radical (unpaired) electrons. The molecule has 3 rings (SSSR count). The number of fused-ring (bicyclic) bond motifs is 1. The van der Waals surface area contributed by atoms with Crippen LogP contribution in [-0.2, 0) is 13.0 Å². The number of aryl methyl sites for hydroxylation is 1. The lowest BCUT2D eigenvalue weighted by molar-refractivity contribution is 0.548. The van der Waals surface area contributed by atoms with Gasteiger partial charge in [-0.05, 0) is 30.2 Å². The van der Waals surface area contributed by atoms with Crippen molar-refractivity contribution in [2.45, 2.75) is 32.4 Å². The van der Waals surface area contributed by atoms with E-state index >= 15 is 0 Å². The second-order valence-electron chi connectivity index (χ2n) is 5.17. The zero-order chi connectivity index (χ0) is 14.7. The minimum Gasteiger partial charge on any atom is -0.324 e. The maximum atomic E-state index is 6.34. The van der Waals surface area contributed by atoms with Gasteiger partial charge < -0.3 is 5.73 Å². The molecule has 5 nitrogen and oxygen atoms in total. The molecule has 108 valence electrons. The van der Waals surface area contributed by atoms with E-state index in [2.05, 4.69) is 34.1 Å². The third kappa shape index (κ3) is 2.92. The number of nitrogens with two attached hydrogens (primary N) is 1. The summed E-state index contributed by atoms with van der Waals surface area (Å²) >= 11 is 0. The second-order valence-corrected chi connectivity index (χ2v) is 5.17. The Balaban J connectivity index is 1.83. The van der Waals surface area contributed by atoms with Gasteiger partial charge in [0.1, 0.15) is 12.2 Å². The molecule has 0 saturated carbocycles. The monoisotopic (exact) mass is 281 g/mol. The number of rotatable bonds is 5. The Kier molecular flexibility index (Phi) is 3.92. The fourth-order valence-electron chi connectivity index (χ4n) is 2.48. The molecule has 0 aliphatic carbocycles. The molecule has 21 heavy (non-hydrogen) atoms. The van der Waals surface area contributed by atoms with Gasteiger partial charge in [0.15, 0.2) is 0 Å². The highest BCUT2D eigenvalue weighted by atomic mass is 15.3. The van der Waals surface area contributed by atoms with Crippen molar-refractivity contribution in [3.63, 3.8) is 0 Å². The molecule has 0 aliphatic heterocycles. The van der Waals surface area contributed by atoms with E-state index in [0.717, 1.165) is 35.3 Å². The predicted octanol–water partition coefficient (Wildman–Crippen LogP) is 2.48. The fourth-order valence-corrected chi connectivity index (χ4v) is 2.48. The molecule has 0 aliphatic rings. The van der Waals surface area contributed by atoms with E-state index in [9.17, 15) is 0 Å². The van der Waals surface area contributed by atoms with E-state index in [4.69, 9.17) is 5.73 Å². The molecule has 0 fully saturated rings. The maximum Gasteiger partial charge on any atom is 0.138 e. The summed E-state index contributed by atoms with van der Waals surface area (Å²) in [6.45, 7) is 3.01. The van der Waals surface area contributed by atoms with Crippen molar-refractivity contribution in [2.75, 3.05) is 0 Å². The molecule has 2 N–H and O–H groups in total. The van der Waals surface area contributed by atoms with Crippen molar-refractivity contribution < 1.29 is 0 Å². The highest BCUT2D eigenvalue weighted by molar-refractivity contribution is 5.79. The Morgan fingerprint density at radius 1 is 1.24 bits per heavy atom. The molecular formula is C16H19N5. The minimum absolute atomic E-state index is 0.0885. The number of benzene rings is 1. The number of hydrogen-bond donors (Lipinski definition) is 1. The summed E-state index contributed by atoms with van der Waals surface area (Å²) in [6.07, 6.45) is 5.12. The van der Waals surface area contributed by atoms with Gasteiger partial charge in [-0.25, -0.2) is 4.98 Å². The van der Waals surface area contributed by atoms with E-state index in [1.54, 1.807) is 12.5 Å². The first-order valence-electron chi connectivity index (χ1n) is 7.25. The molecule has 0 spiro atoms. The number of nitrogens with zero attached hydrogens (tertiary/aromatic N) is 4. The summed E-state index contributed by atoms with van der Waals surface area (Å²) in [6, 6.07) is 10.1. The SMILES string of the molecule is CCCn1ncnc1CC(N)c1ccc2ncccc2c1. The van der Waals surface area contributed by atoms with Crippen molar-refractivity contribution in [1.29, 1.82) is 0 Å². The third-order valence-electron chi connectivity index (χ3n) is 3.59. The summed E-state index contributed by atoms with van der Waals surface area (Å²) in [5.41, 5.74) is 8.43. The zero-order valence-electron chi connectivity index (χ0n) is 12.1. The molecule has 0 saturated heterocycles. The molecule has 2 heterocycles. The smallest absolute Gasteiger partial charge is 0.138 e. The topological polar surface area (TPSA) is 69.6 Å². The van der Waals surface area contributed by atoms with Gasteiger partial charge in [-0.15, -0.1) is 0 Å². The highest BCUT2D eigenvalue weighted by Gasteiger charge is 2.12. The van der Waals surface area contributed by atoms with Crippen molar-refractivity contribution in [2.24, 2.45) is 5.73 Å². The molecule has 5 heteroatoms. The van der Waals surface area contributed by atoms with Crippen LogP contribution in [0, 0.1) is 0 Å². The first kappa shape index (κ1) is 13.7. The van der Waals surface area contributed by atoms with E-state index in [0.29, 0.717) is 6.42 Å².